The van der Waals surface area contributed by atoms with E-state index >= 15 is 0 Å². The Labute approximate surface area is 127 Å². The highest BCUT2D eigenvalue weighted by Gasteiger charge is 2.21. The summed E-state index contributed by atoms with van der Waals surface area (Å²) in [5.41, 5.74) is 0.629. The molecule has 0 aromatic heterocycles. The molecule has 0 amide bonds. The molecular weight excluding hydrogens is 286 g/mol. The Bertz CT molecular complexity index is 612. The monoisotopic (exact) mass is 309 g/mol. The molecule has 116 valence electrons. The molecule has 0 fully saturated rings. The van der Waals surface area contributed by atoms with Crippen LogP contribution in [0.4, 0.5) is 0 Å². The third-order valence-electron chi connectivity index (χ3n) is 3.16. The smallest absolute Gasteiger partial charge is 0.240 e. The fourth-order valence-electron chi connectivity index (χ4n) is 1.92. The number of rotatable bonds is 6. The van der Waals surface area contributed by atoms with Gasteiger partial charge in [-0.15, -0.1) is 0 Å². The van der Waals surface area contributed by atoms with Crippen LogP contribution < -0.4 is 4.72 Å². The second-order valence-corrected chi connectivity index (χ2v) is 6.90. The molecule has 0 spiro atoms. The molecule has 1 atom stereocenters. The van der Waals surface area contributed by atoms with Crippen LogP contribution in [0, 0.1) is 17.8 Å². The Morgan fingerprint density at radius 3 is 2.62 bits per heavy atom. The topological polar surface area (TPSA) is 66.4 Å². The van der Waals surface area contributed by atoms with Crippen LogP contribution in [0.2, 0.25) is 0 Å². The lowest BCUT2D eigenvalue weighted by Crippen LogP contribution is -2.37. The molecular formula is C16H23NO3S. The fraction of sp³-hybridized carbons (Fsp3) is 0.500. The van der Waals surface area contributed by atoms with E-state index in [0.29, 0.717) is 12.0 Å². The predicted octanol–water partition coefficient (Wildman–Crippen LogP) is 2.13. The van der Waals surface area contributed by atoms with Crippen LogP contribution in [0.5, 0.6) is 0 Å². The third kappa shape index (κ3) is 5.50. The molecule has 0 saturated heterocycles. The number of hydrogen-bond donors (Lipinski definition) is 2. The molecule has 1 aromatic rings. The largest absolute Gasteiger partial charge is 0.395 e. The average molecular weight is 309 g/mol. The highest BCUT2D eigenvalue weighted by Crippen LogP contribution is 2.14. The van der Waals surface area contributed by atoms with Crippen molar-refractivity contribution in [3.8, 4) is 11.8 Å². The van der Waals surface area contributed by atoms with Crippen molar-refractivity contribution in [2.75, 3.05) is 6.61 Å². The molecule has 21 heavy (non-hydrogen) atoms. The van der Waals surface area contributed by atoms with Gasteiger partial charge in [0.1, 0.15) is 0 Å². The summed E-state index contributed by atoms with van der Waals surface area (Å²) in [5, 5.41) is 8.70. The first-order valence-corrected chi connectivity index (χ1v) is 8.61. The van der Waals surface area contributed by atoms with E-state index in [1.807, 2.05) is 20.8 Å². The predicted molar refractivity (Wildman–Crippen MR) is 84.3 cm³/mol. The molecule has 1 rings (SSSR count). The summed E-state index contributed by atoms with van der Waals surface area (Å²) in [6.07, 6.45) is 1.12. The lowest BCUT2D eigenvalue weighted by Gasteiger charge is -2.20. The molecule has 0 heterocycles. The Balaban J connectivity index is 2.99. The van der Waals surface area contributed by atoms with Crippen molar-refractivity contribution in [2.45, 2.75) is 44.6 Å². The minimum Gasteiger partial charge on any atom is -0.395 e. The van der Waals surface area contributed by atoms with Gasteiger partial charge >= 0.3 is 0 Å². The van der Waals surface area contributed by atoms with Gasteiger partial charge in [-0.3, -0.25) is 0 Å². The molecule has 0 radical (unpaired) electrons. The molecule has 1 unspecified atom stereocenters. The normalized spacial score (nSPS) is 12.8. The van der Waals surface area contributed by atoms with E-state index in [1.165, 1.54) is 0 Å². The highest BCUT2D eigenvalue weighted by molar-refractivity contribution is 7.89. The second kappa shape index (κ2) is 8.18. The van der Waals surface area contributed by atoms with Gasteiger partial charge in [-0.2, -0.15) is 0 Å². The van der Waals surface area contributed by atoms with E-state index in [-0.39, 0.29) is 23.5 Å². The van der Waals surface area contributed by atoms with E-state index in [2.05, 4.69) is 16.6 Å². The van der Waals surface area contributed by atoms with E-state index in [0.717, 1.165) is 6.42 Å². The lowest BCUT2D eigenvalue weighted by molar-refractivity contribution is 0.305. The number of nitrogens with one attached hydrogen (secondary N) is 1. The van der Waals surface area contributed by atoms with Crippen molar-refractivity contribution in [1.29, 1.82) is 0 Å². The SMILES string of the molecule is CCC(NS(=O)(=O)c1cccc(C#CCCO)c1)C(C)C. The van der Waals surface area contributed by atoms with Crippen LogP contribution in [-0.4, -0.2) is 26.2 Å². The molecule has 0 saturated carbocycles. The van der Waals surface area contributed by atoms with Gasteiger partial charge in [0.25, 0.3) is 0 Å². The fourth-order valence-corrected chi connectivity index (χ4v) is 3.43. The molecule has 1 aromatic carbocycles. The number of benzene rings is 1. The third-order valence-corrected chi connectivity index (χ3v) is 4.65. The number of aliphatic hydroxyl groups excluding tert-OH is 1. The minimum absolute atomic E-state index is 0.000880. The first kappa shape index (κ1) is 17.7. The Morgan fingerprint density at radius 2 is 2.05 bits per heavy atom. The van der Waals surface area contributed by atoms with Gasteiger partial charge in [0.15, 0.2) is 0 Å². The second-order valence-electron chi connectivity index (χ2n) is 5.18. The maximum atomic E-state index is 12.4. The van der Waals surface area contributed by atoms with Crippen molar-refractivity contribution in [2.24, 2.45) is 5.92 Å². The van der Waals surface area contributed by atoms with Gasteiger partial charge in [-0.1, -0.05) is 38.7 Å². The van der Waals surface area contributed by atoms with Crippen LogP contribution >= 0.6 is 0 Å². The first-order valence-electron chi connectivity index (χ1n) is 7.12. The standard InChI is InChI=1S/C16H23NO3S/c1-4-16(13(2)3)17-21(19,20)15-10-7-9-14(12-15)8-5-6-11-18/h7,9-10,12-13,16-18H,4,6,11H2,1-3H3. The zero-order valence-corrected chi connectivity index (χ0v) is 13.6. The summed E-state index contributed by atoms with van der Waals surface area (Å²) in [7, 11) is -3.54. The lowest BCUT2D eigenvalue weighted by atomic mass is 10.0. The summed E-state index contributed by atoms with van der Waals surface area (Å²) in [6, 6.07) is 6.46. The van der Waals surface area contributed by atoms with Gasteiger partial charge in [-0.25, -0.2) is 13.1 Å². The molecule has 4 nitrogen and oxygen atoms in total. The van der Waals surface area contributed by atoms with Gasteiger partial charge < -0.3 is 5.11 Å². The maximum absolute atomic E-state index is 12.4. The van der Waals surface area contributed by atoms with Gasteiger partial charge in [-0.05, 0) is 30.5 Å². The van der Waals surface area contributed by atoms with Crippen molar-refractivity contribution in [1.82, 2.24) is 4.72 Å². The van der Waals surface area contributed by atoms with Crippen molar-refractivity contribution >= 4 is 10.0 Å². The van der Waals surface area contributed by atoms with Crippen LogP contribution in [0.3, 0.4) is 0 Å². The number of sulfonamides is 1. The van der Waals surface area contributed by atoms with Gasteiger partial charge in [0.05, 0.1) is 11.5 Å². The number of aliphatic hydroxyl groups is 1. The van der Waals surface area contributed by atoms with Crippen LogP contribution in [-0.2, 0) is 10.0 Å². The zero-order valence-electron chi connectivity index (χ0n) is 12.8. The van der Waals surface area contributed by atoms with Gasteiger partial charge in [0, 0.05) is 18.0 Å². The molecule has 2 N–H and O–H groups in total. The molecule has 0 bridgehead atoms. The van der Waals surface area contributed by atoms with Crippen molar-refractivity contribution in [3.05, 3.63) is 29.8 Å². The Hall–Kier alpha value is -1.35. The van der Waals surface area contributed by atoms with E-state index in [4.69, 9.17) is 5.11 Å². The van der Waals surface area contributed by atoms with Crippen LogP contribution in [0.15, 0.2) is 29.2 Å². The maximum Gasteiger partial charge on any atom is 0.240 e. The van der Waals surface area contributed by atoms with Crippen molar-refractivity contribution < 1.29 is 13.5 Å². The summed E-state index contributed by atoms with van der Waals surface area (Å²) in [4.78, 5) is 0.220. The van der Waals surface area contributed by atoms with Crippen LogP contribution in [0.25, 0.3) is 0 Å². The summed E-state index contributed by atoms with van der Waals surface area (Å²) >= 11 is 0. The average Bonchev–Trinajstić information content (AvgIpc) is 2.45. The molecule has 0 aliphatic rings. The quantitative estimate of drug-likeness (QED) is 0.791. The van der Waals surface area contributed by atoms with E-state index in [9.17, 15) is 8.42 Å². The van der Waals surface area contributed by atoms with E-state index < -0.39 is 10.0 Å². The first-order chi connectivity index (χ1) is 9.90. The summed E-state index contributed by atoms with van der Waals surface area (Å²) in [5.74, 6) is 5.86. The highest BCUT2D eigenvalue weighted by atomic mass is 32.2. The Kier molecular flexibility index (Phi) is 6.90. The van der Waals surface area contributed by atoms with E-state index in [1.54, 1.807) is 24.3 Å². The molecule has 0 aliphatic heterocycles. The van der Waals surface area contributed by atoms with Crippen LogP contribution in [0.1, 0.15) is 39.2 Å². The summed E-state index contributed by atoms with van der Waals surface area (Å²) in [6.45, 7) is 5.95. The van der Waals surface area contributed by atoms with Crippen molar-refractivity contribution in [3.63, 3.8) is 0 Å². The minimum atomic E-state index is -3.54. The van der Waals surface area contributed by atoms with Gasteiger partial charge in [0.2, 0.25) is 10.0 Å². The summed E-state index contributed by atoms with van der Waals surface area (Å²) < 4.78 is 27.5. The molecule has 5 heteroatoms. The Morgan fingerprint density at radius 1 is 1.33 bits per heavy atom. The number of hydrogen-bond acceptors (Lipinski definition) is 3. The molecule has 0 aliphatic carbocycles. The zero-order chi connectivity index (χ0) is 15.9.